The van der Waals surface area contributed by atoms with Gasteiger partial charge in [-0.05, 0) is 104 Å². The van der Waals surface area contributed by atoms with Crippen LogP contribution in [0.25, 0.3) is 0 Å². The summed E-state index contributed by atoms with van der Waals surface area (Å²) in [4.78, 5) is 50.6. The molecule has 3 N–H and O–H groups in total. The number of carbonyl (C=O) groups excluding carboxylic acids is 2. The van der Waals surface area contributed by atoms with E-state index in [9.17, 15) is 34.5 Å². The third kappa shape index (κ3) is 4.04. The van der Waals surface area contributed by atoms with Gasteiger partial charge in [0.15, 0.2) is 6.10 Å². The summed E-state index contributed by atoms with van der Waals surface area (Å²) in [7, 11) is 0. The quantitative estimate of drug-likeness (QED) is 0.279. The van der Waals surface area contributed by atoms with Crippen molar-refractivity contribution in [3.05, 3.63) is 11.6 Å². The number of hydrogen-bond donors (Lipinski definition) is 3. The molecule has 10 atom stereocenters. The Bertz CT molecular complexity index is 1290. The molecular weight excluding hydrogens is 552 g/mol. The van der Waals surface area contributed by atoms with Gasteiger partial charge in [-0.3, -0.25) is 19.2 Å². The van der Waals surface area contributed by atoms with Crippen molar-refractivity contribution in [1.82, 2.24) is 0 Å². The van der Waals surface area contributed by atoms with Crippen molar-refractivity contribution in [3.8, 4) is 0 Å². The average Bonchev–Trinajstić information content (AvgIpc) is 2.85. The average molecular weight is 603 g/mol. The lowest BCUT2D eigenvalue weighted by atomic mass is 9.32. The maximum Gasteiger partial charge on any atom is 0.313 e. The van der Waals surface area contributed by atoms with Crippen LogP contribution in [0.15, 0.2) is 11.6 Å². The molecule has 43 heavy (non-hydrogen) atoms. The molecule has 240 valence electrons. The Hall–Kier alpha value is -2.42. The van der Waals surface area contributed by atoms with Crippen LogP contribution in [0.3, 0.4) is 0 Å². The van der Waals surface area contributed by atoms with Gasteiger partial charge in [-0.15, -0.1) is 0 Å². The highest BCUT2D eigenvalue weighted by molar-refractivity contribution is 5.79. The number of allylic oxidation sites excluding steroid dienone is 1. The molecule has 5 aliphatic carbocycles. The van der Waals surface area contributed by atoms with E-state index in [1.165, 1.54) is 13.8 Å². The summed E-state index contributed by atoms with van der Waals surface area (Å²) < 4.78 is 11.4. The van der Waals surface area contributed by atoms with E-state index in [1.807, 2.05) is 0 Å². The van der Waals surface area contributed by atoms with E-state index in [1.54, 1.807) is 6.92 Å². The third-order valence-corrected chi connectivity index (χ3v) is 13.8. The summed E-state index contributed by atoms with van der Waals surface area (Å²) in [5, 5.41) is 34.0. The number of aliphatic carboxylic acids is 2. The normalized spacial score (nSPS) is 48.3. The van der Waals surface area contributed by atoms with Crippen molar-refractivity contribution in [2.75, 3.05) is 0 Å². The molecule has 0 aromatic rings. The van der Waals surface area contributed by atoms with Gasteiger partial charge in [0.2, 0.25) is 0 Å². The zero-order valence-corrected chi connectivity index (χ0v) is 27.0. The Morgan fingerprint density at radius 1 is 0.814 bits per heavy atom. The highest BCUT2D eigenvalue weighted by Gasteiger charge is 2.75. The van der Waals surface area contributed by atoms with Gasteiger partial charge in [-0.1, -0.05) is 40.7 Å². The highest BCUT2D eigenvalue weighted by atomic mass is 16.6. The molecule has 9 heteroatoms. The van der Waals surface area contributed by atoms with Crippen molar-refractivity contribution >= 4 is 23.9 Å². The zero-order chi connectivity index (χ0) is 32.2. The van der Waals surface area contributed by atoms with Crippen LogP contribution in [0.1, 0.15) is 113 Å². The third-order valence-electron chi connectivity index (χ3n) is 13.8. The molecule has 0 amide bonds. The first kappa shape index (κ1) is 32.0. The van der Waals surface area contributed by atoms with Crippen LogP contribution in [0.2, 0.25) is 0 Å². The smallest absolute Gasteiger partial charge is 0.313 e. The first-order chi connectivity index (χ1) is 19.6. The fourth-order valence-electron chi connectivity index (χ4n) is 11.5. The molecule has 0 spiro atoms. The van der Waals surface area contributed by atoms with Gasteiger partial charge in [-0.25, -0.2) is 0 Å². The van der Waals surface area contributed by atoms with Gasteiger partial charge in [0.1, 0.15) is 22.5 Å². The van der Waals surface area contributed by atoms with Crippen LogP contribution in [0.5, 0.6) is 0 Å². The van der Waals surface area contributed by atoms with Crippen molar-refractivity contribution in [2.24, 2.45) is 44.3 Å². The van der Waals surface area contributed by atoms with Crippen molar-refractivity contribution in [2.45, 2.75) is 131 Å². The fourth-order valence-corrected chi connectivity index (χ4v) is 11.5. The summed E-state index contributed by atoms with van der Waals surface area (Å²) in [5.74, 6) is -3.61. The lowest BCUT2D eigenvalue weighted by molar-refractivity contribution is -0.254. The van der Waals surface area contributed by atoms with E-state index in [2.05, 4.69) is 40.7 Å². The number of rotatable bonds is 4. The van der Waals surface area contributed by atoms with Crippen molar-refractivity contribution < 1.29 is 44.0 Å². The lowest BCUT2D eigenvalue weighted by Gasteiger charge is -2.72. The Balaban J connectivity index is 1.66. The number of hydrogen-bond acceptors (Lipinski definition) is 7. The molecule has 9 nitrogen and oxygen atoms in total. The Morgan fingerprint density at radius 2 is 1.42 bits per heavy atom. The van der Waals surface area contributed by atoms with Gasteiger partial charge < -0.3 is 24.8 Å². The second-order valence-electron chi connectivity index (χ2n) is 16.3. The Labute approximate surface area is 254 Å². The number of carboxylic acid groups (broad SMARTS) is 2. The van der Waals surface area contributed by atoms with Gasteiger partial charge in [0.25, 0.3) is 0 Å². The van der Waals surface area contributed by atoms with Gasteiger partial charge >= 0.3 is 23.9 Å². The number of esters is 2. The lowest BCUT2D eigenvalue weighted by Crippen LogP contribution is -2.72. The molecule has 0 bridgehead atoms. The van der Waals surface area contributed by atoms with Gasteiger partial charge in [-0.2, -0.15) is 0 Å². The molecule has 0 unspecified atom stereocenters. The summed E-state index contributed by atoms with van der Waals surface area (Å²) in [6.07, 6.45) is 4.68. The standard InChI is InChI=1S/C34H50O9/c1-19(35)42-21-17-29(5)22-9-10-24-31(7,14-16-33(27(39)40)15-13-28(3,4)18-34(24,33)41)30(22,6)12-11-23(29)32(8,26(37)38)25(21)43-20(2)36/h10,21-23,25,41H,9,11-18H2,1-8H3,(H,37,38)(H,39,40)/t21-,22-,23-,25+,29-,30-,31-,32-,33-,34-/m1/s1. The molecule has 0 radical (unpaired) electrons. The maximum atomic E-state index is 13.2. The molecule has 0 aromatic carbocycles. The van der Waals surface area contributed by atoms with E-state index < -0.39 is 68.8 Å². The minimum absolute atomic E-state index is 0.0416. The molecule has 0 saturated heterocycles. The number of ether oxygens (including phenoxy) is 2. The minimum Gasteiger partial charge on any atom is -0.481 e. The van der Waals surface area contributed by atoms with Crippen LogP contribution in [-0.2, 0) is 28.7 Å². The van der Waals surface area contributed by atoms with E-state index in [0.717, 1.165) is 12.0 Å². The van der Waals surface area contributed by atoms with Crippen LogP contribution < -0.4 is 0 Å². The van der Waals surface area contributed by atoms with E-state index in [0.29, 0.717) is 51.4 Å². The molecule has 0 aromatic heterocycles. The van der Waals surface area contributed by atoms with Crippen LogP contribution >= 0.6 is 0 Å². The second-order valence-corrected chi connectivity index (χ2v) is 16.3. The van der Waals surface area contributed by atoms with Crippen LogP contribution in [-0.4, -0.2) is 57.0 Å². The number of aliphatic hydroxyl groups is 1. The molecule has 5 rings (SSSR count). The number of carboxylic acids is 2. The molecule has 4 fully saturated rings. The van der Waals surface area contributed by atoms with Gasteiger partial charge in [0.05, 0.1) is 0 Å². The van der Waals surface area contributed by atoms with E-state index >= 15 is 0 Å². The van der Waals surface area contributed by atoms with E-state index in [4.69, 9.17) is 9.47 Å². The predicted octanol–water partition coefficient (Wildman–Crippen LogP) is 5.53. The number of fused-ring (bicyclic) bond motifs is 7. The minimum atomic E-state index is -1.50. The predicted molar refractivity (Wildman–Crippen MR) is 157 cm³/mol. The SMILES string of the molecule is CC(=O)O[C@@H]1C[C@@]2(C)[C@@H](CC[C@]3(C)[C@@H]2CC=C2[C@]4(O)CC(C)(C)CC[C@]4(C(=O)O)CC[C@]23C)[C@@](C)(C(=O)O)[C@H]1OC(C)=O. The maximum absolute atomic E-state index is 13.2. The number of carbonyl (C=O) groups is 4. The monoisotopic (exact) mass is 602 g/mol. The summed E-state index contributed by atoms with van der Waals surface area (Å²) in [6.45, 7) is 14.9. The molecule has 0 aliphatic heterocycles. The molecule has 5 aliphatic rings. The van der Waals surface area contributed by atoms with Crippen LogP contribution in [0.4, 0.5) is 0 Å². The second kappa shape index (κ2) is 9.54. The van der Waals surface area contributed by atoms with Crippen LogP contribution in [0, 0.1) is 44.3 Å². The van der Waals surface area contributed by atoms with E-state index in [-0.39, 0.29) is 17.3 Å². The molecular formula is C34H50O9. The molecule has 4 saturated carbocycles. The molecule has 0 heterocycles. The largest absolute Gasteiger partial charge is 0.481 e. The van der Waals surface area contributed by atoms with Crippen molar-refractivity contribution in [3.63, 3.8) is 0 Å². The summed E-state index contributed by atoms with van der Waals surface area (Å²) >= 11 is 0. The fraction of sp³-hybridized carbons (Fsp3) is 0.824. The summed E-state index contributed by atoms with van der Waals surface area (Å²) in [6, 6.07) is 0. The Morgan fingerprint density at radius 3 is 1.98 bits per heavy atom. The highest BCUT2D eigenvalue weighted by Crippen LogP contribution is 2.76. The topological polar surface area (TPSA) is 147 Å². The van der Waals surface area contributed by atoms with Crippen molar-refractivity contribution in [1.29, 1.82) is 0 Å². The van der Waals surface area contributed by atoms with Gasteiger partial charge in [0, 0.05) is 13.8 Å². The first-order valence-electron chi connectivity index (χ1n) is 15.9. The Kier molecular flexibility index (Phi) is 7.10. The first-order valence-corrected chi connectivity index (χ1v) is 15.9. The zero-order valence-electron chi connectivity index (χ0n) is 27.0. The summed E-state index contributed by atoms with van der Waals surface area (Å²) in [5.41, 5.74) is -5.12.